The smallest absolute Gasteiger partial charge is 0.267 e. The van der Waals surface area contributed by atoms with Crippen molar-refractivity contribution in [3.05, 3.63) is 95.0 Å². The van der Waals surface area contributed by atoms with E-state index in [1.165, 1.54) is 24.3 Å². The first-order valence-corrected chi connectivity index (χ1v) is 12.1. The van der Waals surface area contributed by atoms with Crippen molar-refractivity contribution >= 4 is 44.2 Å². The van der Waals surface area contributed by atoms with Crippen molar-refractivity contribution in [2.45, 2.75) is 4.90 Å². The molecule has 7 nitrogen and oxygen atoms in total. The minimum Gasteiger partial charge on any atom is -0.267 e. The molecule has 0 atom stereocenters. The zero-order valence-electron chi connectivity index (χ0n) is 17.4. The van der Waals surface area contributed by atoms with Gasteiger partial charge in [0, 0.05) is 27.8 Å². The first-order chi connectivity index (χ1) is 15.7. The monoisotopic (exact) mass is 479 g/mol. The van der Waals surface area contributed by atoms with Crippen LogP contribution < -0.4 is 10.9 Å². The second-order valence-electron chi connectivity index (χ2n) is 7.26. The summed E-state index contributed by atoms with van der Waals surface area (Å²) in [7, 11) is -3.37. The topological polar surface area (TPSA) is 105 Å². The fraction of sp³-hybridized carbons (Fsp3) is 0.0417. The Morgan fingerprint density at radius 1 is 0.848 bits per heavy atom. The van der Waals surface area contributed by atoms with Crippen LogP contribution in [0, 0.1) is 0 Å². The number of hydrogen-bond donors (Lipinski definition) is 2. The molecule has 0 bridgehead atoms. The molecule has 4 rings (SSSR count). The van der Waals surface area contributed by atoms with Crippen LogP contribution in [0.3, 0.4) is 0 Å². The van der Waals surface area contributed by atoms with E-state index in [4.69, 9.17) is 11.6 Å². The third-order valence-corrected chi connectivity index (χ3v) is 6.40. The predicted octanol–water partition coefficient (Wildman–Crippen LogP) is 4.03. The number of aromatic nitrogens is 1. The van der Waals surface area contributed by atoms with Crippen molar-refractivity contribution in [3.8, 4) is 11.3 Å². The second kappa shape index (κ2) is 9.01. The van der Waals surface area contributed by atoms with Gasteiger partial charge in [0.15, 0.2) is 9.84 Å². The van der Waals surface area contributed by atoms with Crippen LogP contribution in [0.5, 0.6) is 0 Å². The first-order valence-electron chi connectivity index (χ1n) is 9.79. The fourth-order valence-electron chi connectivity index (χ4n) is 3.28. The van der Waals surface area contributed by atoms with Gasteiger partial charge in [-0.05, 0) is 42.5 Å². The molecular formula is C24H18ClN3O4S. The molecule has 0 fully saturated rings. The Labute approximate surface area is 195 Å². The van der Waals surface area contributed by atoms with E-state index in [0.717, 1.165) is 6.26 Å². The Hall–Kier alpha value is -3.75. The molecule has 2 amide bonds. The summed E-state index contributed by atoms with van der Waals surface area (Å²) in [5.41, 5.74) is 7.06. The average molecular weight is 480 g/mol. The normalized spacial score (nSPS) is 11.2. The standard InChI is InChI=1S/C24H18ClN3O4S/c1-33(31,32)16-12-10-15(11-13-16)23(29)27-28-24(30)19-14-22(18-7-2-4-8-20(18)25)26-21-9-5-3-6-17(19)21/h2-14H,1H3,(H,27,29)(H,28,30). The number of carbonyl (C=O) groups excluding carboxylic acids is 2. The third kappa shape index (κ3) is 4.87. The van der Waals surface area contributed by atoms with Crippen LogP contribution in [0.4, 0.5) is 0 Å². The molecule has 166 valence electrons. The van der Waals surface area contributed by atoms with E-state index in [1.807, 2.05) is 18.2 Å². The van der Waals surface area contributed by atoms with Gasteiger partial charge < -0.3 is 0 Å². The largest absolute Gasteiger partial charge is 0.270 e. The maximum atomic E-state index is 13.0. The van der Waals surface area contributed by atoms with Gasteiger partial charge in [0.2, 0.25) is 0 Å². The van der Waals surface area contributed by atoms with E-state index in [-0.39, 0.29) is 10.5 Å². The van der Waals surface area contributed by atoms with Crippen molar-refractivity contribution in [2.24, 2.45) is 0 Å². The van der Waals surface area contributed by atoms with E-state index >= 15 is 0 Å². The van der Waals surface area contributed by atoms with Crippen LogP contribution in [0.2, 0.25) is 5.02 Å². The molecule has 9 heteroatoms. The van der Waals surface area contributed by atoms with Crippen LogP contribution in [0.25, 0.3) is 22.2 Å². The summed E-state index contributed by atoms with van der Waals surface area (Å²) in [4.78, 5) is 30.1. The minimum atomic E-state index is -3.37. The Bertz CT molecular complexity index is 1490. The summed E-state index contributed by atoms with van der Waals surface area (Å²) in [5.74, 6) is -1.13. The second-order valence-corrected chi connectivity index (χ2v) is 9.68. The van der Waals surface area contributed by atoms with Gasteiger partial charge in [-0.25, -0.2) is 13.4 Å². The average Bonchev–Trinajstić information content (AvgIpc) is 2.81. The van der Waals surface area contributed by atoms with Crippen LogP contribution in [-0.2, 0) is 9.84 Å². The maximum Gasteiger partial charge on any atom is 0.270 e. The lowest BCUT2D eigenvalue weighted by Crippen LogP contribution is -2.41. The molecule has 1 heterocycles. The molecule has 33 heavy (non-hydrogen) atoms. The highest BCUT2D eigenvalue weighted by Gasteiger charge is 2.16. The SMILES string of the molecule is CS(=O)(=O)c1ccc(C(=O)NNC(=O)c2cc(-c3ccccc3Cl)nc3ccccc23)cc1. The number of nitrogens with one attached hydrogen (secondary N) is 2. The molecule has 0 aliphatic carbocycles. The van der Waals surface area contributed by atoms with Crippen molar-refractivity contribution in [2.75, 3.05) is 6.26 Å². The van der Waals surface area contributed by atoms with E-state index in [2.05, 4.69) is 15.8 Å². The highest BCUT2D eigenvalue weighted by atomic mass is 35.5. The molecular weight excluding hydrogens is 462 g/mol. The van der Waals surface area contributed by atoms with Crippen LogP contribution in [-0.4, -0.2) is 31.5 Å². The lowest BCUT2D eigenvalue weighted by Gasteiger charge is -2.12. The number of benzene rings is 3. The zero-order chi connectivity index (χ0) is 23.6. The fourth-order valence-corrected chi connectivity index (χ4v) is 4.14. The van der Waals surface area contributed by atoms with Gasteiger partial charge in [-0.15, -0.1) is 0 Å². The number of para-hydroxylation sites is 1. The van der Waals surface area contributed by atoms with Gasteiger partial charge in [0.25, 0.3) is 11.8 Å². The molecule has 0 saturated carbocycles. The van der Waals surface area contributed by atoms with Gasteiger partial charge in [0.1, 0.15) is 0 Å². The Morgan fingerprint density at radius 3 is 2.18 bits per heavy atom. The highest BCUT2D eigenvalue weighted by Crippen LogP contribution is 2.29. The van der Waals surface area contributed by atoms with Crippen molar-refractivity contribution in [1.82, 2.24) is 15.8 Å². The maximum absolute atomic E-state index is 13.0. The van der Waals surface area contributed by atoms with Crippen LogP contribution >= 0.6 is 11.6 Å². The van der Waals surface area contributed by atoms with E-state index in [9.17, 15) is 18.0 Å². The van der Waals surface area contributed by atoms with Gasteiger partial charge >= 0.3 is 0 Å². The van der Waals surface area contributed by atoms with E-state index in [0.29, 0.717) is 32.7 Å². The van der Waals surface area contributed by atoms with Gasteiger partial charge in [-0.3, -0.25) is 20.4 Å². The molecule has 0 saturated heterocycles. The van der Waals surface area contributed by atoms with Crippen molar-refractivity contribution < 1.29 is 18.0 Å². The Morgan fingerprint density at radius 2 is 1.48 bits per heavy atom. The number of amides is 2. The molecule has 0 aliphatic heterocycles. The summed E-state index contributed by atoms with van der Waals surface area (Å²) in [5, 5.41) is 1.11. The number of halogens is 1. The van der Waals surface area contributed by atoms with Crippen LogP contribution in [0.15, 0.2) is 83.8 Å². The first kappa shape index (κ1) is 22.4. The molecule has 1 aromatic heterocycles. The van der Waals surface area contributed by atoms with Gasteiger partial charge in [-0.1, -0.05) is 48.0 Å². The molecule has 4 aromatic rings. The number of hydrazine groups is 1. The molecule has 3 aromatic carbocycles. The number of carbonyl (C=O) groups is 2. The molecule has 0 spiro atoms. The summed E-state index contributed by atoms with van der Waals surface area (Å²) in [6.07, 6.45) is 1.08. The molecule has 0 aliphatic rings. The van der Waals surface area contributed by atoms with E-state index in [1.54, 1.807) is 36.4 Å². The lowest BCUT2D eigenvalue weighted by molar-refractivity contribution is 0.0847. The third-order valence-electron chi connectivity index (χ3n) is 4.94. The lowest BCUT2D eigenvalue weighted by atomic mass is 10.0. The number of nitrogens with zero attached hydrogens (tertiary/aromatic N) is 1. The Kier molecular flexibility index (Phi) is 6.13. The van der Waals surface area contributed by atoms with E-state index < -0.39 is 21.7 Å². The van der Waals surface area contributed by atoms with Crippen molar-refractivity contribution in [1.29, 1.82) is 0 Å². The van der Waals surface area contributed by atoms with Crippen LogP contribution in [0.1, 0.15) is 20.7 Å². The number of pyridine rings is 1. The minimum absolute atomic E-state index is 0.0958. The number of fused-ring (bicyclic) bond motifs is 1. The Balaban J connectivity index is 1.60. The zero-order valence-corrected chi connectivity index (χ0v) is 18.9. The van der Waals surface area contributed by atoms with Gasteiger partial charge in [0.05, 0.1) is 21.7 Å². The number of sulfone groups is 1. The summed E-state index contributed by atoms with van der Waals surface area (Å²) in [6.45, 7) is 0. The number of rotatable bonds is 4. The summed E-state index contributed by atoms with van der Waals surface area (Å²) in [6, 6.07) is 21.4. The molecule has 0 radical (unpaired) electrons. The molecule has 2 N–H and O–H groups in total. The number of hydrogen-bond acceptors (Lipinski definition) is 5. The summed E-state index contributed by atoms with van der Waals surface area (Å²) >= 11 is 6.32. The summed E-state index contributed by atoms with van der Waals surface area (Å²) < 4.78 is 23.1. The van der Waals surface area contributed by atoms with Gasteiger partial charge in [-0.2, -0.15) is 0 Å². The predicted molar refractivity (Wildman–Crippen MR) is 127 cm³/mol. The van der Waals surface area contributed by atoms with Crippen molar-refractivity contribution in [3.63, 3.8) is 0 Å². The molecule has 0 unspecified atom stereocenters. The highest BCUT2D eigenvalue weighted by molar-refractivity contribution is 7.90. The quantitative estimate of drug-likeness (QED) is 0.430.